The quantitative estimate of drug-likeness (QED) is 0.344. The van der Waals surface area contributed by atoms with E-state index >= 15 is 4.39 Å². The van der Waals surface area contributed by atoms with Crippen molar-refractivity contribution in [1.29, 1.82) is 0 Å². The molecule has 1 saturated heterocycles. The number of aromatic nitrogens is 3. The number of rotatable bonds is 12. The van der Waals surface area contributed by atoms with Gasteiger partial charge in [0.05, 0.1) is 12.6 Å². The molecule has 0 aliphatic carbocycles. The van der Waals surface area contributed by atoms with Gasteiger partial charge in [-0.25, -0.2) is 14.4 Å². The van der Waals surface area contributed by atoms with Crippen molar-refractivity contribution in [3.05, 3.63) is 60.3 Å². The van der Waals surface area contributed by atoms with E-state index in [1.807, 2.05) is 30.6 Å². The number of methoxy groups -OCH3 is 1. The fourth-order valence-corrected chi connectivity index (χ4v) is 5.38. The molecule has 7 nitrogen and oxygen atoms in total. The molecule has 0 spiro atoms. The van der Waals surface area contributed by atoms with Crippen LogP contribution >= 0.6 is 0 Å². The molecule has 1 aromatic carbocycles. The number of hydrogen-bond acceptors (Lipinski definition) is 6. The number of piperidine rings is 1. The molecule has 0 amide bonds. The summed E-state index contributed by atoms with van der Waals surface area (Å²) in [7, 11) is 1.59. The largest absolute Gasteiger partial charge is 0.497 e. The molecule has 4 rings (SSSR count). The predicted molar refractivity (Wildman–Crippen MR) is 137 cm³/mol. The fraction of sp³-hybridized carbons (Fsp3) is 0.500. The second kappa shape index (κ2) is 12.7. The van der Waals surface area contributed by atoms with Crippen molar-refractivity contribution in [2.24, 2.45) is 11.8 Å². The number of carboxylic acid groups (broad SMARTS) is 1. The summed E-state index contributed by atoms with van der Waals surface area (Å²) in [6.45, 7) is 2.65. The normalized spacial score (nSPS) is 19.3. The van der Waals surface area contributed by atoms with Gasteiger partial charge < -0.3 is 14.7 Å². The van der Waals surface area contributed by atoms with Crippen molar-refractivity contribution in [1.82, 2.24) is 19.9 Å². The molecule has 1 fully saturated rings. The minimum Gasteiger partial charge on any atom is -0.497 e. The number of aryl methyl sites for hydroxylation is 1. The third-order valence-corrected chi connectivity index (χ3v) is 7.33. The predicted octanol–water partition coefficient (Wildman–Crippen LogP) is 5.26. The van der Waals surface area contributed by atoms with Crippen LogP contribution in [0.15, 0.2) is 49.2 Å². The molecule has 8 heteroatoms. The standard InChI is InChI=1S/C28H35FN4O3/c1-36-23-6-8-27-25(15-23)24(9-11-32-27)26(29)7-5-21-10-13-33(18-22(21)14-28(34)35)12-3-2-4-20-16-30-19-31-17-20/h6,8-9,11,15-17,19,21-22,26H,2-5,7,10,12-14,18H2,1H3,(H,34,35)/t21-,22+,26-/m1/s1. The van der Waals surface area contributed by atoms with E-state index in [4.69, 9.17) is 4.74 Å². The summed E-state index contributed by atoms with van der Waals surface area (Å²) in [5.41, 5.74) is 2.50. The van der Waals surface area contributed by atoms with Crippen LogP contribution in [-0.2, 0) is 11.2 Å². The first-order chi connectivity index (χ1) is 17.5. The van der Waals surface area contributed by atoms with Gasteiger partial charge in [0.15, 0.2) is 0 Å². The average Bonchev–Trinajstić information content (AvgIpc) is 2.90. The molecule has 1 aliphatic heterocycles. The molecule has 0 bridgehead atoms. The molecule has 0 saturated carbocycles. The van der Waals surface area contributed by atoms with Gasteiger partial charge in [-0.3, -0.25) is 9.78 Å². The number of carboxylic acids is 1. The number of aliphatic carboxylic acids is 1. The number of pyridine rings is 1. The summed E-state index contributed by atoms with van der Waals surface area (Å²) in [6.07, 6.45) is 10.9. The SMILES string of the molecule is COc1ccc2nccc([C@H](F)CC[C@@H]3CCN(CCCCc4cncnc4)C[C@@H]3CC(=O)O)c2c1. The fourth-order valence-electron chi connectivity index (χ4n) is 5.38. The van der Waals surface area contributed by atoms with Gasteiger partial charge in [-0.15, -0.1) is 0 Å². The summed E-state index contributed by atoms with van der Waals surface area (Å²) < 4.78 is 20.8. The van der Waals surface area contributed by atoms with E-state index in [1.165, 1.54) is 6.33 Å². The molecule has 3 atom stereocenters. The van der Waals surface area contributed by atoms with Crippen LogP contribution in [0.2, 0.25) is 0 Å². The summed E-state index contributed by atoms with van der Waals surface area (Å²) in [5.74, 6) is 0.148. The number of benzene rings is 1. The second-order valence-corrected chi connectivity index (χ2v) is 9.74. The molecule has 192 valence electrons. The van der Waals surface area contributed by atoms with Crippen molar-refractivity contribution in [2.75, 3.05) is 26.7 Å². The number of nitrogens with zero attached hydrogens (tertiary/aromatic N) is 4. The zero-order valence-corrected chi connectivity index (χ0v) is 20.9. The third-order valence-electron chi connectivity index (χ3n) is 7.33. The van der Waals surface area contributed by atoms with Crippen LogP contribution in [0.3, 0.4) is 0 Å². The first-order valence-electron chi connectivity index (χ1n) is 12.8. The van der Waals surface area contributed by atoms with Crippen molar-refractivity contribution in [3.8, 4) is 5.75 Å². The Hall–Kier alpha value is -3.13. The van der Waals surface area contributed by atoms with Crippen LogP contribution in [0, 0.1) is 11.8 Å². The number of carbonyl (C=O) groups is 1. The Morgan fingerprint density at radius 2 is 2.06 bits per heavy atom. The lowest BCUT2D eigenvalue weighted by Crippen LogP contribution is -2.41. The monoisotopic (exact) mass is 494 g/mol. The minimum absolute atomic E-state index is 0.0419. The van der Waals surface area contributed by atoms with E-state index < -0.39 is 12.1 Å². The number of fused-ring (bicyclic) bond motifs is 1. The highest BCUT2D eigenvalue weighted by molar-refractivity contribution is 5.83. The lowest BCUT2D eigenvalue weighted by Gasteiger charge is -2.38. The Morgan fingerprint density at radius 3 is 2.83 bits per heavy atom. The van der Waals surface area contributed by atoms with E-state index in [2.05, 4.69) is 19.9 Å². The molecular formula is C28H35FN4O3. The third kappa shape index (κ3) is 6.97. The van der Waals surface area contributed by atoms with E-state index in [1.54, 1.807) is 19.4 Å². The zero-order chi connectivity index (χ0) is 25.3. The van der Waals surface area contributed by atoms with Gasteiger partial charge in [0.25, 0.3) is 0 Å². The van der Waals surface area contributed by atoms with Crippen LogP contribution < -0.4 is 4.74 Å². The van der Waals surface area contributed by atoms with E-state index in [0.29, 0.717) is 24.2 Å². The van der Waals surface area contributed by atoms with Crippen molar-refractivity contribution in [3.63, 3.8) is 0 Å². The Balaban J connectivity index is 1.31. The van der Waals surface area contributed by atoms with Gasteiger partial charge in [-0.05, 0) is 98.8 Å². The molecule has 3 aromatic rings. The number of hydrogen-bond donors (Lipinski definition) is 1. The number of ether oxygens (including phenoxy) is 1. The summed E-state index contributed by atoms with van der Waals surface area (Å²) in [6, 6.07) is 7.25. The molecule has 3 heterocycles. The lowest BCUT2D eigenvalue weighted by molar-refractivity contribution is -0.139. The first-order valence-corrected chi connectivity index (χ1v) is 12.8. The molecule has 2 aromatic heterocycles. The highest BCUT2D eigenvalue weighted by Gasteiger charge is 2.31. The molecule has 0 unspecified atom stereocenters. The van der Waals surface area contributed by atoms with E-state index in [0.717, 1.165) is 61.8 Å². The number of halogens is 1. The van der Waals surface area contributed by atoms with Crippen molar-refractivity contribution >= 4 is 16.9 Å². The van der Waals surface area contributed by atoms with Crippen molar-refractivity contribution < 1.29 is 19.0 Å². The van der Waals surface area contributed by atoms with E-state index in [9.17, 15) is 9.90 Å². The number of likely N-dealkylation sites (tertiary alicyclic amines) is 1. The van der Waals surface area contributed by atoms with Crippen LogP contribution in [0.5, 0.6) is 5.75 Å². The first kappa shape index (κ1) is 25.9. The Labute approximate surface area is 211 Å². The summed E-state index contributed by atoms with van der Waals surface area (Å²) in [4.78, 5) is 26.4. The zero-order valence-electron chi connectivity index (χ0n) is 20.9. The van der Waals surface area contributed by atoms with Crippen LogP contribution in [0.1, 0.15) is 55.8 Å². The highest BCUT2D eigenvalue weighted by Crippen LogP contribution is 2.36. The van der Waals surface area contributed by atoms with Crippen LogP contribution in [0.4, 0.5) is 4.39 Å². The highest BCUT2D eigenvalue weighted by atomic mass is 19.1. The molecule has 0 radical (unpaired) electrons. The maximum absolute atomic E-state index is 15.5. The molecule has 1 aliphatic rings. The maximum Gasteiger partial charge on any atom is 0.303 e. The van der Waals surface area contributed by atoms with Gasteiger partial charge >= 0.3 is 5.97 Å². The summed E-state index contributed by atoms with van der Waals surface area (Å²) in [5, 5.41) is 10.3. The molecule has 1 N–H and O–H groups in total. The number of alkyl halides is 1. The lowest BCUT2D eigenvalue weighted by atomic mass is 9.79. The molecule has 36 heavy (non-hydrogen) atoms. The Morgan fingerprint density at radius 1 is 1.22 bits per heavy atom. The number of unbranched alkanes of at least 4 members (excludes halogenated alkanes) is 1. The van der Waals surface area contributed by atoms with Crippen LogP contribution in [0.25, 0.3) is 10.9 Å². The second-order valence-electron chi connectivity index (χ2n) is 9.74. The van der Waals surface area contributed by atoms with E-state index in [-0.39, 0.29) is 18.3 Å². The van der Waals surface area contributed by atoms with Gasteiger partial charge in [0, 0.05) is 36.9 Å². The minimum atomic E-state index is -1.13. The van der Waals surface area contributed by atoms with Gasteiger partial charge in [-0.1, -0.05) is 0 Å². The topological polar surface area (TPSA) is 88.4 Å². The van der Waals surface area contributed by atoms with Gasteiger partial charge in [-0.2, -0.15) is 0 Å². The average molecular weight is 495 g/mol. The molecular weight excluding hydrogens is 459 g/mol. The maximum atomic E-state index is 15.5. The van der Waals surface area contributed by atoms with Crippen molar-refractivity contribution in [2.45, 2.75) is 51.1 Å². The van der Waals surface area contributed by atoms with Gasteiger partial charge in [0.1, 0.15) is 18.2 Å². The Bertz CT molecular complexity index is 1130. The van der Waals surface area contributed by atoms with Crippen LogP contribution in [-0.4, -0.2) is 57.7 Å². The van der Waals surface area contributed by atoms with Gasteiger partial charge in [0.2, 0.25) is 0 Å². The smallest absolute Gasteiger partial charge is 0.303 e. The Kier molecular flexibility index (Phi) is 9.17. The summed E-state index contributed by atoms with van der Waals surface area (Å²) >= 11 is 0.